The summed E-state index contributed by atoms with van der Waals surface area (Å²) in [7, 11) is 0. The Labute approximate surface area is 152 Å². The van der Waals surface area contributed by atoms with E-state index in [-0.39, 0.29) is 0 Å². The molecule has 0 aliphatic carbocycles. The van der Waals surface area contributed by atoms with Crippen molar-refractivity contribution in [3.05, 3.63) is 55.7 Å². The molecule has 0 saturated carbocycles. The van der Waals surface area contributed by atoms with Crippen LogP contribution in [0.25, 0.3) is 0 Å². The number of hydrogen-bond acceptors (Lipinski definition) is 4. The van der Waals surface area contributed by atoms with Crippen molar-refractivity contribution in [2.45, 2.75) is 48.5 Å². The van der Waals surface area contributed by atoms with Crippen molar-refractivity contribution in [3.8, 4) is 0 Å². The van der Waals surface area contributed by atoms with Crippen LogP contribution in [-0.4, -0.2) is 11.9 Å². The average Bonchev–Trinajstić information content (AvgIpc) is 2.51. The molecule has 0 aliphatic heterocycles. The van der Waals surface area contributed by atoms with Crippen LogP contribution in [0.4, 0.5) is 0 Å². The van der Waals surface area contributed by atoms with Gasteiger partial charge in [0, 0.05) is 0 Å². The van der Waals surface area contributed by atoms with Crippen molar-refractivity contribution in [3.63, 3.8) is 0 Å². The molecule has 0 unspecified atom stereocenters. The summed E-state index contributed by atoms with van der Waals surface area (Å²) < 4.78 is 12.1. The predicted octanol–water partition coefficient (Wildman–Crippen LogP) is 5.14. The molecule has 0 fully saturated rings. The monoisotopic (exact) mass is 444 g/mol. The van der Waals surface area contributed by atoms with Gasteiger partial charge in [0.25, 0.3) is 0 Å². The van der Waals surface area contributed by atoms with Gasteiger partial charge in [0.1, 0.15) is 0 Å². The van der Waals surface area contributed by atoms with E-state index in [0.717, 1.165) is 20.3 Å². The van der Waals surface area contributed by atoms with E-state index < -0.39 is 32.6 Å². The van der Waals surface area contributed by atoms with E-state index in [9.17, 15) is 9.59 Å². The molecule has 0 aliphatic rings. The summed E-state index contributed by atoms with van der Waals surface area (Å²) in [5.41, 5.74) is 4.08. The molecule has 1 aromatic rings. The van der Waals surface area contributed by atoms with Crippen molar-refractivity contribution < 1.29 is 15.7 Å². The summed E-state index contributed by atoms with van der Waals surface area (Å²) in [6, 6.07) is 4.03. The number of carbonyl (C=O) groups is 2. The molecular weight excluding hydrogens is 419 g/mol. The van der Waals surface area contributed by atoms with Crippen LogP contribution in [0.1, 0.15) is 44.4 Å². The summed E-state index contributed by atoms with van der Waals surface area (Å²) in [6.07, 6.45) is 3.37. The Morgan fingerprint density at radius 2 is 1.25 bits per heavy atom. The molecule has 1 aromatic carbocycles. The van der Waals surface area contributed by atoms with Crippen LogP contribution in [0, 0.1) is 24.3 Å². The third-order valence-electron chi connectivity index (χ3n) is 3.53. The van der Waals surface area contributed by atoms with Gasteiger partial charge >= 0.3 is 152 Å². The second-order valence-corrected chi connectivity index (χ2v) is 8.80. The van der Waals surface area contributed by atoms with Gasteiger partial charge in [-0.3, -0.25) is 0 Å². The van der Waals surface area contributed by atoms with Gasteiger partial charge in [0.15, 0.2) is 0 Å². The Morgan fingerprint density at radius 3 is 1.58 bits per heavy atom. The molecule has 4 nitrogen and oxygen atoms in total. The van der Waals surface area contributed by atoms with E-state index in [1.165, 1.54) is 0 Å². The normalized spacial score (nSPS) is 12.7. The molecule has 0 amide bonds. The topological polar surface area (TPSA) is 52.6 Å². The molecule has 0 N–H and O–H groups in total. The van der Waals surface area contributed by atoms with E-state index in [4.69, 9.17) is 6.13 Å². The minimum atomic E-state index is -2.94. The number of rotatable bonds is 5. The van der Waals surface area contributed by atoms with Crippen LogP contribution < -0.4 is 0 Å². The molecule has 0 heterocycles. The Balaban J connectivity index is 3.28. The fourth-order valence-corrected chi connectivity index (χ4v) is 5.64. The van der Waals surface area contributed by atoms with Crippen LogP contribution in [0.2, 0.25) is 0 Å². The standard InChI is InChI=1S/C19H25IO4/c1-8-13(4)18(21)23-20(24-19(22)14(5)9-2)17-15(6)10-12(3)11-16(17)7/h8-11H,1-7H3/b13-8+,14-9+. The molecule has 24 heavy (non-hydrogen) atoms. The Kier molecular flexibility index (Phi) is 7.66. The molecule has 5 heteroatoms. The van der Waals surface area contributed by atoms with Gasteiger partial charge in [-0.05, 0) is 0 Å². The molecular formula is C19H25IO4. The number of halogens is 1. The zero-order valence-electron chi connectivity index (χ0n) is 15.3. The Hall–Kier alpha value is -1.63. The molecule has 0 aromatic heterocycles. The number of aryl methyl sites for hydroxylation is 3. The summed E-state index contributed by atoms with van der Waals surface area (Å²) in [6.45, 7) is 12.8. The van der Waals surface area contributed by atoms with Crippen LogP contribution >= 0.6 is 20.6 Å². The number of carbonyl (C=O) groups excluding carboxylic acids is 2. The van der Waals surface area contributed by atoms with Crippen molar-refractivity contribution >= 4 is 32.6 Å². The first-order valence-corrected chi connectivity index (χ1v) is 10.5. The van der Waals surface area contributed by atoms with E-state index in [1.54, 1.807) is 39.8 Å². The maximum absolute atomic E-state index is 12.2. The van der Waals surface area contributed by atoms with E-state index >= 15 is 0 Å². The van der Waals surface area contributed by atoms with Gasteiger partial charge in [0.05, 0.1) is 0 Å². The summed E-state index contributed by atoms with van der Waals surface area (Å²) in [5.74, 6) is -0.874. The molecule has 0 atom stereocenters. The fourth-order valence-electron chi connectivity index (χ4n) is 1.98. The quantitative estimate of drug-likeness (QED) is 0.467. The first-order chi connectivity index (χ1) is 11.2. The summed E-state index contributed by atoms with van der Waals surface area (Å²) in [5, 5.41) is 0. The third kappa shape index (κ3) is 5.19. The summed E-state index contributed by atoms with van der Waals surface area (Å²) in [4.78, 5) is 24.4. The van der Waals surface area contributed by atoms with Crippen LogP contribution in [0.15, 0.2) is 35.4 Å². The van der Waals surface area contributed by atoms with Crippen LogP contribution in [-0.2, 0) is 15.7 Å². The third-order valence-corrected chi connectivity index (χ3v) is 7.71. The van der Waals surface area contributed by atoms with Crippen molar-refractivity contribution in [2.24, 2.45) is 0 Å². The Morgan fingerprint density at radius 1 is 0.875 bits per heavy atom. The summed E-state index contributed by atoms with van der Waals surface area (Å²) >= 11 is -2.94. The second-order valence-electron chi connectivity index (χ2n) is 5.60. The first-order valence-electron chi connectivity index (χ1n) is 7.70. The van der Waals surface area contributed by atoms with Crippen molar-refractivity contribution in [1.29, 1.82) is 0 Å². The van der Waals surface area contributed by atoms with E-state index in [0.29, 0.717) is 11.1 Å². The number of benzene rings is 1. The van der Waals surface area contributed by atoms with Gasteiger partial charge in [-0.25, -0.2) is 0 Å². The number of allylic oxidation sites excluding steroid dienone is 2. The second kappa shape index (κ2) is 9.01. The van der Waals surface area contributed by atoms with Crippen molar-refractivity contribution in [1.82, 2.24) is 0 Å². The van der Waals surface area contributed by atoms with Crippen molar-refractivity contribution in [2.75, 3.05) is 0 Å². The van der Waals surface area contributed by atoms with Gasteiger partial charge in [-0.1, -0.05) is 0 Å². The minimum absolute atomic E-state index is 0.437. The van der Waals surface area contributed by atoms with E-state index in [2.05, 4.69) is 0 Å². The first kappa shape index (κ1) is 20.4. The van der Waals surface area contributed by atoms with Gasteiger partial charge in [-0.2, -0.15) is 0 Å². The van der Waals surface area contributed by atoms with E-state index in [1.807, 2.05) is 32.9 Å². The van der Waals surface area contributed by atoms with Crippen LogP contribution in [0.3, 0.4) is 0 Å². The van der Waals surface area contributed by atoms with Crippen LogP contribution in [0.5, 0.6) is 0 Å². The zero-order valence-corrected chi connectivity index (χ0v) is 17.5. The Bertz CT molecular complexity index is 646. The average molecular weight is 444 g/mol. The molecule has 0 bridgehead atoms. The predicted molar refractivity (Wildman–Crippen MR) is 104 cm³/mol. The van der Waals surface area contributed by atoms with Gasteiger partial charge < -0.3 is 0 Å². The maximum atomic E-state index is 12.2. The molecule has 0 radical (unpaired) electrons. The molecule has 0 spiro atoms. The van der Waals surface area contributed by atoms with Gasteiger partial charge in [0.2, 0.25) is 0 Å². The SMILES string of the molecule is C/C=C(\C)C(=O)OI(OC(=O)/C(C)=C/C)c1c(C)cc(C)cc1C. The number of hydrogen-bond donors (Lipinski definition) is 0. The fraction of sp³-hybridized carbons (Fsp3) is 0.368. The molecule has 0 saturated heterocycles. The molecule has 132 valence electrons. The zero-order chi connectivity index (χ0) is 18.4. The van der Waals surface area contributed by atoms with Gasteiger partial charge in [-0.15, -0.1) is 0 Å². The molecule has 1 rings (SSSR count).